The third-order valence-electron chi connectivity index (χ3n) is 5.53. The van der Waals surface area contributed by atoms with Crippen LogP contribution in [0.3, 0.4) is 0 Å². The van der Waals surface area contributed by atoms with Gasteiger partial charge >= 0.3 is 0 Å². The van der Waals surface area contributed by atoms with Crippen LogP contribution in [0, 0.1) is 0 Å². The average molecular weight is 373 g/mol. The molecular weight excluding hydrogens is 346 g/mol. The molecule has 0 radical (unpaired) electrons. The smallest absolute Gasteiger partial charge is 0.0740 e. The summed E-state index contributed by atoms with van der Waals surface area (Å²) in [5.41, 5.74) is 3.66. The SMILES string of the molecule is O[C@H]1C[C@H](C(c2ccccc2)c2ccccc2)OC[C@@H]1NCc1ccccc1. The Labute approximate surface area is 167 Å². The van der Waals surface area contributed by atoms with Gasteiger partial charge in [0.05, 0.1) is 24.9 Å². The lowest BCUT2D eigenvalue weighted by atomic mass is 9.82. The molecule has 144 valence electrons. The molecule has 0 bridgehead atoms. The Bertz CT molecular complexity index is 799. The lowest BCUT2D eigenvalue weighted by Gasteiger charge is -2.38. The van der Waals surface area contributed by atoms with Gasteiger partial charge in [-0.1, -0.05) is 91.0 Å². The monoisotopic (exact) mass is 373 g/mol. The fourth-order valence-electron chi connectivity index (χ4n) is 4.02. The number of benzene rings is 3. The molecule has 0 aromatic heterocycles. The van der Waals surface area contributed by atoms with Gasteiger partial charge in [-0.15, -0.1) is 0 Å². The van der Waals surface area contributed by atoms with Crippen LogP contribution < -0.4 is 5.32 Å². The van der Waals surface area contributed by atoms with Crippen molar-refractivity contribution in [3.8, 4) is 0 Å². The molecule has 3 nitrogen and oxygen atoms in total. The molecule has 28 heavy (non-hydrogen) atoms. The minimum Gasteiger partial charge on any atom is -0.391 e. The molecule has 0 unspecified atom stereocenters. The number of ether oxygens (including phenoxy) is 1. The number of aliphatic hydroxyl groups excluding tert-OH is 1. The summed E-state index contributed by atoms with van der Waals surface area (Å²) in [6, 6.07) is 31.1. The van der Waals surface area contributed by atoms with Crippen molar-refractivity contribution < 1.29 is 9.84 Å². The van der Waals surface area contributed by atoms with Gasteiger partial charge in [-0.25, -0.2) is 0 Å². The number of rotatable bonds is 6. The second-order valence-corrected chi connectivity index (χ2v) is 7.45. The van der Waals surface area contributed by atoms with Crippen LogP contribution in [-0.2, 0) is 11.3 Å². The zero-order chi connectivity index (χ0) is 19.2. The highest BCUT2D eigenvalue weighted by molar-refractivity contribution is 5.34. The van der Waals surface area contributed by atoms with Gasteiger partial charge in [0, 0.05) is 18.9 Å². The molecule has 0 saturated carbocycles. The topological polar surface area (TPSA) is 41.5 Å². The molecule has 2 N–H and O–H groups in total. The zero-order valence-electron chi connectivity index (χ0n) is 15.9. The van der Waals surface area contributed by atoms with Gasteiger partial charge in [0.1, 0.15) is 0 Å². The van der Waals surface area contributed by atoms with Crippen molar-refractivity contribution in [1.82, 2.24) is 5.32 Å². The molecule has 1 heterocycles. The van der Waals surface area contributed by atoms with Crippen molar-refractivity contribution in [3.63, 3.8) is 0 Å². The van der Waals surface area contributed by atoms with Gasteiger partial charge in [0.15, 0.2) is 0 Å². The molecule has 0 amide bonds. The first-order valence-electron chi connectivity index (χ1n) is 9.98. The summed E-state index contributed by atoms with van der Waals surface area (Å²) >= 11 is 0. The normalized spacial score (nSPS) is 22.3. The maximum absolute atomic E-state index is 10.8. The lowest BCUT2D eigenvalue weighted by molar-refractivity contribution is -0.0718. The molecule has 1 aliphatic heterocycles. The van der Waals surface area contributed by atoms with Crippen LogP contribution in [0.1, 0.15) is 29.0 Å². The zero-order valence-corrected chi connectivity index (χ0v) is 15.9. The molecule has 0 aliphatic carbocycles. The fourth-order valence-corrected chi connectivity index (χ4v) is 4.02. The minimum atomic E-state index is -0.433. The fraction of sp³-hybridized carbons (Fsp3) is 0.280. The van der Waals surface area contributed by atoms with E-state index in [-0.39, 0.29) is 18.1 Å². The summed E-state index contributed by atoms with van der Waals surface area (Å²) in [4.78, 5) is 0. The predicted octanol–water partition coefficient (Wildman–Crippen LogP) is 4.13. The molecule has 3 aromatic rings. The van der Waals surface area contributed by atoms with Gasteiger partial charge in [0.25, 0.3) is 0 Å². The molecule has 1 saturated heterocycles. The number of hydrogen-bond donors (Lipinski definition) is 2. The van der Waals surface area contributed by atoms with E-state index < -0.39 is 6.10 Å². The van der Waals surface area contributed by atoms with Gasteiger partial charge in [-0.05, 0) is 16.7 Å². The van der Waals surface area contributed by atoms with Crippen molar-refractivity contribution >= 4 is 0 Å². The lowest BCUT2D eigenvalue weighted by Crippen LogP contribution is -2.50. The first-order chi connectivity index (χ1) is 13.8. The van der Waals surface area contributed by atoms with Crippen LogP contribution in [0.2, 0.25) is 0 Å². The Hall–Kier alpha value is -2.46. The second-order valence-electron chi connectivity index (χ2n) is 7.45. The Kier molecular flexibility index (Phi) is 6.17. The quantitative estimate of drug-likeness (QED) is 0.683. The van der Waals surface area contributed by atoms with E-state index in [4.69, 9.17) is 4.74 Å². The van der Waals surface area contributed by atoms with Gasteiger partial charge in [0.2, 0.25) is 0 Å². The highest BCUT2D eigenvalue weighted by Crippen LogP contribution is 2.34. The van der Waals surface area contributed by atoms with E-state index in [1.54, 1.807) is 0 Å². The van der Waals surface area contributed by atoms with Crippen molar-refractivity contribution in [2.45, 2.75) is 37.1 Å². The molecule has 3 heteroatoms. The van der Waals surface area contributed by atoms with E-state index >= 15 is 0 Å². The van der Waals surface area contributed by atoms with Crippen molar-refractivity contribution in [1.29, 1.82) is 0 Å². The van der Waals surface area contributed by atoms with E-state index in [1.807, 2.05) is 30.3 Å². The van der Waals surface area contributed by atoms with Crippen LogP contribution in [0.25, 0.3) is 0 Å². The summed E-state index contributed by atoms with van der Waals surface area (Å²) in [6.07, 6.45) is 0.132. The molecule has 1 fully saturated rings. The molecule has 0 spiro atoms. The number of nitrogens with one attached hydrogen (secondary N) is 1. The third-order valence-corrected chi connectivity index (χ3v) is 5.53. The Morgan fingerprint density at radius 2 is 1.36 bits per heavy atom. The summed E-state index contributed by atoms with van der Waals surface area (Å²) in [5, 5.41) is 14.3. The maximum atomic E-state index is 10.8. The Balaban J connectivity index is 1.46. The van der Waals surface area contributed by atoms with Crippen molar-refractivity contribution in [3.05, 3.63) is 108 Å². The minimum absolute atomic E-state index is 0.0467. The second kappa shape index (κ2) is 9.16. The molecular formula is C25H27NO2. The molecule has 3 aromatic carbocycles. The van der Waals surface area contributed by atoms with Gasteiger partial charge in [-0.2, -0.15) is 0 Å². The van der Waals surface area contributed by atoms with Gasteiger partial charge < -0.3 is 15.2 Å². The van der Waals surface area contributed by atoms with Crippen molar-refractivity contribution in [2.75, 3.05) is 6.61 Å². The summed E-state index contributed by atoms with van der Waals surface area (Å²) in [7, 11) is 0. The van der Waals surface area contributed by atoms with Crippen LogP contribution in [0.5, 0.6) is 0 Å². The van der Waals surface area contributed by atoms with Crippen LogP contribution in [-0.4, -0.2) is 30.0 Å². The highest BCUT2D eigenvalue weighted by atomic mass is 16.5. The third kappa shape index (κ3) is 4.50. The van der Waals surface area contributed by atoms with Gasteiger partial charge in [-0.3, -0.25) is 0 Å². The first-order valence-corrected chi connectivity index (χ1v) is 9.98. The van der Waals surface area contributed by atoms with Crippen LogP contribution in [0.4, 0.5) is 0 Å². The summed E-state index contributed by atoms with van der Waals surface area (Å²) in [6.45, 7) is 1.24. The van der Waals surface area contributed by atoms with E-state index in [0.29, 0.717) is 13.0 Å². The molecule has 3 atom stereocenters. The number of aliphatic hydroxyl groups is 1. The van der Waals surface area contributed by atoms with E-state index in [1.165, 1.54) is 16.7 Å². The predicted molar refractivity (Wildman–Crippen MR) is 112 cm³/mol. The Morgan fingerprint density at radius 3 is 1.89 bits per heavy atom. The molecule has 1 aliphatic rings. The van der Waals surface area contributed by atoms with E-state index in [0.717, 1.165) is 6.54 Å². The van der Waals surface area contributed by atoms with Crippen LogP contribution >= 0.6 is 0 Å². The average Bonchev–Trinajstić information content (AvgIpc) is 2.76. The molecule has 4 rings (SSSR count). The first kappa shape index (κ1) is 18.9. The van der Waals surface area contributed by atoms with Crippen molar-refractivity contribution in [2.24, 2.45) is 0 Å². The van der Waals surface area contributed by atoms with E-state index in [9.17, 15) is 5.11 Å². The highest BCUT2D eigenvalue weighted by Gasteiger charge is 2.35. The van der Waals surface area contributed by atoms with E-state index in [2.05, 4.69) is 66.0 Å². The number of hydrogen-bond acceptors (Lipinski definition) is 3. The standard InChI is InChI=1S/C25H27NO2/c27-23-16-24(28-18-22(23)26-17-19-10-4-1-5-11-19)25(20-12-6-2-7-13-20)21-14-8-3-9-15-21/h1-15,22-27H,16-18H2/t22-,23-,24+/m0/s1. The summed E-state index contributed by atoms with van der Waals surface area (Å²) in [5.74, 6) is 0.118. The Morgan fingerprint density at radius 1 is 0.821 bits per heavy atom. The summed E-state index contributed by atoms with van der Waals surface area (Å²) < 4.78 is 6.30. The maximum Gasteiger partial charge on any atom is 0.0740 e. The largest absolute Gasteiger partial charge is 0.391 e. The van der Waals surface area contributed by atoms with Crippen LogP contribution in [0.15, 0.2) is 91.0 Å².